The fourth-order valence-electron chi connectivity index (χ4n) is 3.27. The molecule has 2 bridgehead atoms. The number of carbonyl (C=O) groups is 1. The summed E-state index contributed by atoms with van der Waals surface area (Å²) < 4.78 is 60.0. The molecule has 0 radical (unpaired) electrons. The number of amides is 1. The van der Waals surface area contributed by atoms with Gasteiger partial charge in [-0.1, -0.05) is 24.6 Å². The van der Waals surface area contributed by atoms with Crippen molar-refractivity contribution in [3.8, 4) is 0 Å². The van der Waals surface area contributed by atoms with Gasteiger partial charge in [0, 0.05) is 38.8 Å². The Morgan fingerprint density at radius 3 is 2.74 bits per heavy atom. The standard InChI is InChI=1S/C18H24N4O/c1-21-13-6-5-7-14(21)11-12(10-13)19-18(23)17-15-8-3-4-9-16(15)22(2)20-17/h3-4,8-9,12-14H,5-7,10-11H2,1-2H3,(H,19,23)/t13-,14-/m1/s1/i5D2,6D2,7D2,12D. The number of nitrogens with one attached hydrogen (secondary N) is 1. The molecule has 5 heteroatoms. The summed E-state index contributed by atoms with van der Waals surface area (Å²) in [7, 11) is 3.26. The van der Waals surface area contributed by atoms with Gasteiger partial charge >= 0.3 is 0 Å². The summed E-state index contributed by atoms with van der Waals surface area (Å²) in [6.07, 6.45) is -8.16. The average molecular weight is 319 g/mol. The van der Waals surface area contributed by atoms with Crippen molar-refractivity contribution in [1.29, 1.82) is 0 Å². The first-order chi connectivity index (χ1) is 13.7. The zero-order valence-electron chi connectivity index (χ0n) is 20.1. The number of carbonyl (C=O) groups excluding carboxylic acids is 1. The van der Waals surface area contributed by atoms with Gasteiger partial charge in [-0.3, -0.25) is 9.48 Å². The highest BCUT2D eigenvalue weighted by molar-refractivity contribution is 6.04. The number of piperidine rings is 2. The highest BCUT2D eigenvalue weighted by Gasteiger charge is 2.36. The highest BCUT2D eigenvalue weighted by atomic mass is 16.2. The van der Waals surface area contributed by atoms with Gasteiger partial charge in [-0.15, -0.1) is 0 Å². The number of aryl methyl sites for hydroxylation is 1. The molecular formula is C18H24N4O. The van der Waals surface area contributed by atoms with Crippen molar-refractivity contribution >= 4 is 16.8 Å². The molecule has 0 unspecified atom stereocenters. The van der Waals surface area contributed by atoms with Crippen LogP contribution in [0.2, 0.25) is 0 Å². The lowest BCUT2D eigenvalue weighted by atomic mass is 9.82. The fraction of sp³-hybridized carbons (Fsp3) is 0.556. The molecule has 2 fully saturated rings. The van der Waals surface area contributed by atoms with Crippen LogP contribution in [-0.2, 0) is 7.05 Å². The van der Waals surface area contributed by atoms with Gasteiger partial charge in [0.25, 0.3) is 5.91 Å². The molecule has 1 amide bonds. The van der Waals surface area contributed by atoms with Crippen molar-refractivity contribution in [2.24, 2.45) is 7.05 Å². The zero-order chi connectivity index (χ0) is 22.3. The van der Waals surface area contributed by atoms with Crippen LogP contribution in [0.1, 0.15) is 52.0 Å². The Kier molecular flexibility index (Phi) is 2.16. The minimum atomic E-state index is -2.73. The van der Waals surface area contributed by atoms with Crippen LogP contribution < -0.4 is 5.32 Å². The van der Waals surface area contributed by atoms with E-state index in [0.717, 1.165) is 5.52 Å². The number of rotatable bonds is 2. The highest BCUT2D eigenvalue weighted by Crippen LogP contribution is 2.32. The fourth-order valence-corrected chi connectivity index (χ4v) is 3.27. The molecule has 3 heterocycles. The minimum Gasteiger partial charge on any atom is -0.348 e. The van der Waals surface area contributed by atoms with Crippen molar-refractivity contribution < 1.29 is 14.4 Å². The summed E-state index contributed by atoms with van der Waals surface area (Å²) in [6.45, 7) is 0. The van der Waals surface area contributed by atoms with E-state index >= 15 is 0 Å². The van der Waals surface area contributed by atoms with E-state index in [2.05, 4.69) is 10.4 Å². The molecule has 2 aliphatic heterocycles. The Morgan fingerprint density at radius 1 is 1.30 bits per heavy atom. The Labute approximate surface area is 146 Å². The summed E-state index contributed by atoms with van der Waals surface area (Å²) in [6, 6.07) is 3.40. The summed E-state index contributed by atoms with van der Waals surface area (Å²) in [5.41, 5.74) is 0.896. The lowest BCUT2D eigenvalue weighted by Gasteiger charge is -2.47. The third-order valence-electron chi connectivity index (χ3n) is 4.60. The van der Waals surface area contributed by atoms with E-state index in [1.54, 1.807) is 30.9 Å². The van der Waals surface area contributed by atoms with Crippen molar-refractivity contribution in [3.05, 3.63) is 30.0 Å². The van der Waals surface area contributed by atoms with Crippen molar-refractivity contribution in [3.63, 3.8) is 0 Å². The summed E-state index contributed by atoms with van der Waals surface area (Å²) in [5, 5.41) is 7.52. The van der Waals surface area contributed by atoms with Gasteiger partial charge in [-0.25, -0.2) is 0 Å². The van der Waals surface area contributed by atoms with Crippen molar-refractivity contribution in [2.45, 2.75) is 50.1 Å². The van der Waals surface area contributed by atoms with Crippen LogP contribution in [0.25, 0.3) is 10.9 Å². The van der Waals surface area contributed by atoms with Gasteiger partial charge in [0.2, 0.25) is 0 Å². The molecule has 1 aromatic carbocycles. The molecule has 0 saturated carbocycles. The maximum absolute atomic E-state index is 13.0. The van der Waals surface area contributed by atoms with Gasteiger partial charge in [0.1, 0.15) is 0 Å². The lowest BCUT2D eigenvalue weighted by molar-refractivity contribution is 0.0462. The van der Waals surface area contributed by atoms with E-state index in [-0.39, 0.29) is 18.5 Å². The van der Waals surface area contributed by atoms with Gasteiger partial charge in [-0.2, -0.15) is 5.10 Å². The molecule has 2 atom stereocenters. The van der Waals surface area contributed by atoms with E-state index in [4.69, 9.17) is 9.60 Å². The smallest absolute Gasteiger partial charge is 0.272 e. The second-order valence-electron chi connectivity index (χ2n) is 6.07. The van der Waals surface area contributed by atoms with E-state index in [1.165, 1.54) is 4.90 Å². The monoisotopic (exact) mass is 319 g/mol. The van der Waals surface area contributed by atoms with Crippen LogP contribution in [0.5, 0.6) is 0 Å². The van der Waals surface area contributed by atoms with Gasteiger partial charge in [0.05, 0.1) is 6.89 Å². The first kappa shape index (κ1) is 8.83. The zero-order valence-corrected chi connectivity index (χ0v) is 13.1. The quantitative estimate of drug-likeness (QED) is 0.924. The molecule has 23 heavy (non-hydrogen) atoms. The predicted molar refractivity (Wildman–Crippen MR) is 90.4 cm³/mol. The van der Waals surface area contributed by atoms with Crippen LogP contribution in [0.15, 0.2) is 24.3 Å². The number of aromatic nitrogens is 2. The molecule has 2 saturated heterocycles. The molecular weight excluding hydrogens is 288 g/mol. The topological polar surface area (TPSA) is 50.2 Å². The molecule has 0 spiro atoms. The molecule has 1 aromatic heterocycles. The number of para-hydroxylation sites is 1. The van der Waals surface area contributed by atoms with Gasteiger partial charge < -0.3 is 10.2 Å². The molecule has 1 N–H and O–H groups in total. The van der Waals surface area contributed by atoms with E-state index < -0.39 is 43.1 Å². The Morgan fingerprint density at radius 2 is 2.00 bits per heavy atom. The van der Waals surface area contributed by atoms with Crippen LogP contribution in [0, 0.1) is 0 Å². The van der Waals surface area contributed by atoms with Gasteiger partial charge in [-0.05, 0) is 38.7 Å². The van der Waals surface area contributed by atoms with E-state index in [1.807, 2.05) is 12.1 Å². The first-order valence-corrected chi connectivity index (χ1v) is 7.69. The SMILES string of the molecule is [2H]C1(NC(=O)c2nn(C)c3ccccc23)C[C@@H]2N(C)[C@@H](C1)C([2H])([2H])C([2H])([2H])C2([2H])[2H]. The normalized spacial score (nSPS) is 42.3. The van der Waals surface area contributed by atoms with Crippen LogP contribution in [-0.4, -0.2) is 45.7 Å². The second kappa shape index (κ2) is 5.64. The second-order valence-corrected chi connectivity index (χ2v) is 6.07. The van der Waals surface area contributed by atoms with Crippen LogP contribution >= 0.6 is 0 Å². The number of nitrogens with zero attached hydrogens (tertiary/aromatic N) is 3. The number of fused-ring (bicyclic) bond motifs is 3. The largest absolute Gasteiger partial charge is 0.348 e. The number of hydrogen-bond acceptors (Lipinski definition) is 3. The Bertz CT molecular complexity index is 993. The summed E-state index contributed by atoms with van der Waals surface area (Å²) in [4.78, 5) is 14.5. The minimum absolute atomic E-state index is 0.144. The number of benzene rings is 1. The summed E-state index contributed by atoms with van der Waals surface area (Å²) >= 11 is 0. The molecule has 2 aliphatic rings. The molecule has 122 valence electrons. The maximum atomic E-state index is 13.0. The van der Waals surface area contributed by atoms with Crippen LogP contribution in [0.3, 0.4) is 0 Å². The Balaban J connectivity index is 1.68. The first-order valence-electron chi connectivity index (χ1n) is 11.2. The Hall–Kier alpha value is -1.88. The van der Waals surface area contributed by atoms with E-state index in [9.17, 15) is 4.79 Å². The number of hydrogen-bond donors (Lipinski definition) is 1. The third kappa shape index (κ3) is 2.53. The van der Waals surface area contributed by atoms with Crippen LogP contribution in [0.4, 0.5) is 0 Å². The molecule has 5 nitrogen and oxygen atoms in total. The predicted octanol–water partition coefficient (Wildman–Crippen LogP) is 2.32. The molecule has 0 aliphatic carbocycles. The van der Waals surface area contributed by atoms with Crippen molar-refractivity contribution in [1.82, 2.24) is 20.0 Å². The lowest BCUT2D eigenvalue weighted by Crippen LogP contribution is -2.55. The third-order valence-corrected chi connectivity index (χ3v) is 4.60. The maximum Gasteiger partial charge on any atom is 0.272 e. The van der Waals surface area contributed by atoms with E-state index in [0.29, 0.717) is 5.39 Å². The van der Waals surface area contributed by atoms with Crippen molar-refractivity contribution in [2.75, 3.05) is 7.05 Å². The summed E-state index contributed by atoms with van der Waals surface area (Å²) in [5.74, 6) is -0.589. The van der Waals surface area contributed by atoms with Gasteiger partial charge in [0.15, 0.2) is 5.69 Å². The molecule has 4 rings (SSSR count). The molecule has 2 aromatic rings. The average Bonchev–Trinajstić information content (AvgIpc) is 2.99.